The van der Waals surface area contributed by atoms with Crippen LogP contribution >= 0.6 is 11.3 Å². The number of carbonyl (C=O) groups excluding carboxylic acids is 2. The number of amides is 2. The summed E-state index contributed by atoms with van der Waals surface area (Å²) in [6, 6.07) is 4.48. The van der Waals surface area contributed by atoms with Crippen LogP contribution in [-0.4, -0.2) is 66.7 Å². The van der Waals surface area contributed by atoms with Crippen molar-refractivity contribution in [2.45, 2.75) is 38.2 Å². The van der Waals surface area contributed by atoms with E-state index in [0.29, 0.717) is 41.5 Å². The zero-order chi connectivity index (χ0) is 22.3. The van der Waals surface area contributed by atoms with Crippen molar-refractivity contribution in [2.75, 3.05) is 31.5 Å². The van der Waals surface area contributed by atoms with E-state index in [1.807, 2.05) is 13.8 Å². The molecule has 1 fully saturated rings. The van der Waals surface area contributed by atoms with Gasteiger partial charge in [-0.2, -0.15) is 4.31 Å². The van der Waals surface area contributed by atoms with Gasteiger partial charge in [-0.3, -0.25) is 9.59 Å². The Labute approximate surface area is 185 Å². The topological polar surface area (TPSA) is 109 Å². The van der Waals surface area contributed by atoms with Crippen molar-refractivity contribution < 1.29 is 22.7 Å². The number of aryl methyl sites for hydroxylation is 2. The molecule has 31 heavy (non-hydrogen) atoms. The number of aromatic nitrogens is 1. The number of fused-ring (bicyclic) bond motifs is 1. The Morgan fingerprint density at radius 1 is 1.26 bits per heavy atom. The van der Waals surface area contributed by atoms with Gasteiger partial charge in [-0.25, -0.2) is 13.4 Å². The third-order valence-corrected chi connectivity index (χ3v) is 8.36. The number of hydrogen-bond donors (Lipinski definition) is 1. The number of nitrogens with one attached hydrogen (secondary N) is 1. The van der Waals surface area contributed by atoms with Crippen LogP contribution in [-0.2, 0) is 14.8 Å². The van der Waals surface area contributed by atoms with Gasteiger partial charge in [-0.15, -0.1) is 11.3 Å². The van der Waals surface area contributed by atoms with Gasteiger partial charge in [0.25, 0.3) is 11.8 Å². The smallest absolute Gasteiger partial charge is 0.265 e. The van der Waals surface area contributed by atoms with Crippen LogP contribution in [0.25, 0.3) is 0 Å². The van der Waals surface area contributed by atoms with Crippen LogP contribution in [0.1, 0.15) is 33.7 Å². The van der Waals surface area contributed by atoms with E-state index in [4.69, 9.17) is 4.74 Å². The molecule has 2 aliphatic heterocycles. The molecule has 1 atom stereocenters. The average Bonchev–Trinajstić information content (AvgIpc) is 3.10. The number of nitrogens with zero attached hydrogens (tertiary/aromatic N) is 3. The largest absolute Gasteiger partial charge is 0.478 e. The standard InChI is InChI=1S/C20H24N4O5S2/c1-4-16-19(25)22-15-11-14(5-6-17(15)29-16)31(27,28)24-9-7-23(8-10-24)20(26)18-12(2)21-13(3)30-18/h5-6,11,16H,4,7-10H2,1-3H3,(H,22,25)/t16-/m1/s1. The molecule has 1 N–H and O–H groups in total. The van der Waals surface area contributed by atoms with Crippen molar-refractivity contribution in [1.82, 2.24) is 14.2 Å². The Bertz CT molecular complexity index is 1140. The minimum atomic E-state index is -3.77. The summed E-state index contributed by atoms with van der Waals surface area (Å²) in [7, 11) is -3.77. The van der Waals surface area contributed by atoms with E-state index in [2.05, 4.69) is 10.3 Å². The Morgan fingerprint density at radius 2 is 1.97 bits per heavy atom. The number of carbonyl (C=O) groups is 2. The van der Waals surface area contributed by atoms with E-state index >= 15 is 0 Å². The van der Waals surface area contributed by atoms with Crippen LogP contribution in [0.2, 0.25) is 0 Å². The summed E-state index contributed by atoms with van der Waals surface area (Å²) in [6.45, 7) is 6.50. The molecule has 0 bridgehead atoms. The normalized spacial score (nSPS) is 19.5. The fourth-order valence-electron chi connectivity index (χ4n) is 3.71. The monoisotopic (exact) mass is 464 g/mol. The van der Waals surface area contributed by atoms with Crippen LogP contribution < -0.4 is 10.1 Å². The molecule has 0 spiro atoms. The maximum absolute atomic E-state index is 13.1. The molecule has 11 heteroatoms. The van der Waals surface area contributed by atoms with Gasteiger partial charge in [0.15, 0.2) is 6.10 Å². The highest BCUT2D eigenvalue weighted by atomic mass is 32.2. The molecular weight excluding hydrogens is 440 g/mol. The third-order valence-electron chi connectivity index (χ3n) is 5.40. The SMILES string of the molecule is CC[C@H]1Oc2ccc(S(=O)(=O)N3CCN(C(=O)c4sc(C)nc4C)CC3)cc2NC1=O. The second-order valence-corrected chi connectivity index (χ2v) is 10.6. The molecule has 0 aliphatic carbocycles. The number of benzene rings is 1. The Morgan fingerprint density at radius 3 is 2.58 bits per heavy atom. The molecule has 4 rings (SSSR count). The lowest BCUT2D eigenvalue weighted by atomic mass is 10.2. The first-order valence-electron chi connectivity index (χ1n) is 10.1. The van der Waals surface area contributed by atoms with Crippen LogP contribution in [0.15, 0.2) is 23.1 Å². The number of anilines is 1. The van der Waals surface area contributed by atoms with Gasteiger partial charge in [0.05, 0.1) is 21.3 Å². The predicted molar refractivity (Wildman–Crippen MR) is 116 cm³/mol. The molecular formula is C20H24N4O5S2. The number of rotatable bonds is 4. The summed E-state index contributed by atoms with van der Waals surface area (Å²) in [5.74, 6) is 0.0561. The lowest BCUT2D eigenvalue weighted by Gasteiger charge is -2.34. The maximum Gasteiger partial charge on any atom is 0.265 e. The molecule has 0 unspecified atom stereocenters. The molecule has 1 saturated heterocycles. The summed E-state index contributed by atoms with van der Waals surface area (Å²) in [5.41, 5.74) is 1.05. The van der Waals surface area contributed by atoms with Gasteiger partial charge in [-0.1, -0.05) is 6.92 Å². The summed E-state index contributed by atoms with van der Waals surface area (Å²) >= 11 is 1.35. The lowest BCUT2D eigenvalue weighted by molar-refractivity contribution is -0.123. The minimum Gasteiger partial charge on any atom is -0.478 e. The number of ether oxygens (including phenoxy) is 1. The van der Waals surface area contributed by atoms with Crippen molar-refractivity contribution in [3.63, 3.8) is 0 Å². The van der Waals surface area contributed by atoms with Gasteiger partial charge in [0, 0.05) is 26.2 Å². The van der Waals surface area contributed by atoms with Crippen LogP contribution in [0, 0.1) is 13.8 Å². The van der Waals surface area contributed by atoms with Crippen LogP contribution in [0.4, 0.5) is 5.69 Å². The average molecular weight is 465 g/mol. The molecule has 2 amide bonds. The van der Waals surface area contributed by atoms with Crippen molar-refractivity contribution in [1.29, 1.82) is 0 Å². The van der Waals surface area contributed by atoms with E-state index in [-0.39, 0.29) is 29.8 Å². The van der Waals surface area contributed by atoms with Crippen molar-refractivity contribution >= 4 is 38.9 Å². The first kappa shape index (κ1) is 21.7. The van der Waals surface area contributed by atoms with Crippen molar-refractivity contribution in [3.8, 4) is 5.75 Å². The Balaban J connectivity index is 1.47. The number of thiazole rings is 1. The molecule has 0 radical (unpaired) electrons. The van der Waals surface area contributed by atoms with Gasteiger partial charge in [0.2, 0.25) is 10.0 Å². The lowest BCUT2D eigenvalue weighted by Crippen LogP contribution is -2.50. The quantitative estimate of drug-likeness (QED) is 0.742. The predicted octanol–water partition coefficient (Wildman–Crippen LogP) is 2.02. The van der Waals surface area contributed by atoms with E-state index in [1.54, 1.807) is 17.9 Å². The fourth-order valence-corrected chi connectivity index (χ4v) is 6.05. The van der Waals surface area contributed by atoms with Crippen molar-refractivity contribution in [2.24, 2.45) is 0 Å². The molecule has 9 nitrogen and oxygen atoms in total. The molecule has 1 aromatic carbocycles. The van der Waals surface area contributed by atoms with Gasteiger partial charge < -0.3 is 15.0 Å². The second-order valence-electron chi connectivity index (χ2n) is 7.51. The molecule has 166 valence electrons. The van der Waals surface area contributed by atoms with Crippen LogP contribution in [0.3, 0.4) is 0 Å². The summed E-state index contributed by atoms with van der Waals surface area (Å²) < 4.78 is 33.3. The van der Waals surface area contributed by atoms with Gasteiger partial charge in [0.1, 0.15) is 10.6 Å². The molecule has 2 aliphatic rings. The minimum absolute atomic E-state index is 0.0822. The van der Waals surface area contributed by atoms with E-state index in [0.717, 1.165) is 5.01 Å². The summed E-state index contributed by atoms with van der Waals surface area (Å²) in [6.07, 6.45) is -0.0545. The highest BCUT2D eigenvalue weighted by molar-refractivity contribution is 7.89. The third kappa shape index (κ3) is 4.04. The van der Waals surface area contributed by atoms with Gasteiger partial charge >= 0.3 is 0 Å². The first-order chi connectivity index (χ1) is 14.7. The number of hydrogen-bond acceptors (Lipinski definition) is 7. The maximum atomic E-state index is 13.1. The van der Waals surface area contributed by atoms with Crippen LogP contribution in [0.5, 0.6) is 5.75 Å². The van der Waals surface area contributed by atoms with E-state index in [9.17, 15) is 18.0 Å². The zero-order valence-electron chi connectivity index (χ0n) is 17.5. The first-order valence-corrected chi connectivity index (χ1v) is 12.3. The Hall–Kier alpha value is -2.50. The van der Waals surface area contributed by atoms with E-state index < -0.39 is 16.1 Å². The molecule has 2 aromatic rings. The Kier molecular flexibility index (Phi) is 5.75. The zero-order valence-corrected chi connectivity index (χ0v) is 19.2. The molecule has 1 aromatic heterocycles. The number of sulfonamides is 1. The molecule has 0 saturated carbocycles. The summed E-state index contributed by atoms with van der Waals surface area (Å²) in [4.78, 5) is 31.5. The molecule has 3 heterocycles. The number of piperazine rings is 1. The van der Waals surface area contributed by atoms with Gasteiger partial charge in [-0.05, 0) is 38.5 Å². The highest BCUT2D eigenvalue weighted by Crippen LogP contribution is 2.33. The summed E-state index contributed by atoms with van der Waals surface area (Å²) in [5, 5.41) is 3.55. The fraction of sp³-hybridized carbons (Fsp3) is 0.450. The van der Waals surface area contributed by atoms with E-state index in [1.165, 1.54) is 27.8 Å². The highest BCUT2D eigenvalue weighted by Gasteiger charge is 2.33. The second kappa shape index (κ2) is 8.21. The van der Waals surface area contributed by atoms with Crippen molar-refractivity contribution in [3.05, 3.63) is 33.8 Å².